The Bertz CT molecular complexity index is 3930. The van der Waals surface area contributed by atoms with Gasteiger partial charge in [-0.15, -0.1) is 0 Å². The van der Waals surface area contributed by atoms with Crippen molar-refractivity contribution >= 4 is 138 Å². The van der Waals surface area contributed by atoms with Crippen molar-refractivity contribution in [3.8, 4) is 0 Å². The SMILES string of the molecule is CC(=O)SCCNC(=O)CCNC(=O)[C@H](O)C(C)(C)COP(=O)(O)OP(=O)(O)OC[C@H]1O[C@@H](n2cnc3c(N)ncnc32)[C@H](O)[C@@H]1OP(=O)(O)O.CCC(=O)SCCNC(=O)CCNC(=O)[C@H](O)C(C)(C)COP(=O)(O)OP(=O)(O)OC[C@H]1O[C@@H](n2cnc3c(N)ncnc32)[C@H](O)[C@@H]1OP(=O)(O)O. The van der Waals surface area contributed by atoms with Crippen LogP contribution in [0.1, 0.15) is 73.3 Å². The minimum atomic E-state index is -5.56. The van der Waals surface area contributed by atoms with E-state index in [1.165, 1.54) is 34.6 Å². The number of hydrogen-bond donors (Lipinski definition) is 18. The molecule has 6 rings (SSSR count). The minimum Gasteiger partial charge on any atom is -0.386 e. The number of nitrogens with zero attached hydrogens (tertiary/aromatic N) is 8. The predicted octanol–water partition coefficient (Wildman–Crippen LogP) is -2.24. The van der Waals surface area contributed by atoms with Crippen LogP contribution in [0.5, 0.6) is 0 Å². The molecule has 2 fully saturated rings. The van der Waals surface area contributed by atoms with Gasteiger partial charge in [-0.1, -0.05) is 58.1 Å². The van der Waals surface area contributed by atoms with E-state index in [0.29, 0.717) is 17.9 Å². The van der Waals surface area contributed by atoms with Crippen molar-refractivity contribution < 1.29 is 161 Å². The molecule has 0 bridgehead atoms. The van der Waals surface area contributed by atoms with Gasteiger partial charge < -0.3 is 102 Å². The Labute approximate surface area is 591 Å². The van der Waals surface area contributed by atoms with Crippen molar-refractivity contribution in [1.82, 2.24) is 60.3 Å². The van der Waals surface area contributed by atoms with Gasteiger partial charge in [-0.05, 0) is 0 Å². The number of aromatic nitrogens is 8. The predicted molar refractivity (Wildman–Crippen MR) is 350 cm³/mol. The number of imidazole rings is 2. The van der Waals surface area contributed by atoms with E-state index in [-0.39, 0.29) is 83.2 Å². The summed E-state index contributed by atoms with van der Waals surface area (Å²) in [5.74, 6) is -2.15. The fourth-order valence-corrected chi connectivity index (χ4v) is 15.5. The third kappa shape index (κ3) is 28.0. The molecule has 4 aromatic heterocycles. The summed E-state index contributed by atoms with van der Waals surface area (Å²) in [4.78, 5) is 172. The molecule has 582 valence electrons. The Hall–Kier alpha value is -4.88. The Balaban J connectivity index is 0.000000371. The number of carbonyl (C=O) groups is 6. The van der Waals surface area contributed by atoms with Crippen molar-refractivity contribution in [3.63, 3.8) is 0 Å². The lowest BCUT2D eigenvalue weighted by molar-refractivity contribution is -0.137. The summed E-state index contributed by atoms with van der Waals surface area (Å²) in [6, 6.07) is 0. The van der Waals surface area contributed by atoms with Crippen LogP contribution in [0.2, 0.25) is 0 Å². The second-order valence-corrected chi connectivity index (χ2v) is 33.9. The van der Waals surface area contributed by atoms with Gasteiger partial charge in [0.15, 0.2) is 45.6 Å². The third-order valence-corrected chi connectivity index (χ3v) is 21.9. The third-order valence-electron chi connectivity index (χ3n) is 13.9. The van der Waals surface area contributed by atoms with Crippen LogP contribution >= 0.6 is 70.5 Å². The van der Waals surface area contributed by atoms with E-state index in [9.17, 15) is 116 Å². The summed E-state index contributed by atoms with van der Waals surface area (Å²) in [7, 11) is -32.7. The van der Waals surface area contributed by atoms with Gasteiger partial charge in [0.05, 0.1) is 39.1 Å². The second kappa shape index (κ2) is 37.8. The monoisotopic (exact) mass is 1630 g/mol. The van der Waals surface area contributed by atoms with Crippen LogP contribution in [0.25, 0.3) is 22.3 Å². The maximum Gasteiger partial charge on any atom is 0.481 e. The molecule has 0 aliphatic carbocycles. The van der Waals surface area contributed by atoms with Gasteiger partial charge in [0.1, 0.15) is 72.5 Å². The molecule has 2 aliphatic rings. The smallest absolute Gasteiger partial charge is 0.386 e. The van der Waals surface area contributed by atoms with Gasteiger partial charge in [-0.25, -0.2) is 57.3 Å². The van der Waals surface area contributed by atoms with E-state index in [0.717, 1.165) is 58.0 Å². The number of thioether (sulfide) groups is 2. The molecule has 2 saturated heterocycles. The maximum absolute atomic E-state index is 12.6. The lowest BCUT2D eigenvalue weighted by atomic mass is 9.87. The lowest BCUT2D eigenvalue weighted by Gasteiger charge is -2.30. The first-order valence-corrected chi connectivity index (χ1v) is 40.7. The van der Waals surface area contributed by atoms with Crippen molar-refractivity contribution in [2.24, 2.45) is 10.8 Å². The topological polar surface area (TPSA) is 727 Å². The van der Waals surface area contributed by atoms with Gasteiger partial charge >= 0.3 is 46.9 Å². The van der Waals surface area contributed by atoms with Crippen LogP contribution in [0.15, 0.2) is 25.3 Å². The molecule has 0 radical (unpaired) electrons. The molecule has 0 spiro atoms. The van der Waals surface area contributed by atoms with E-state index in [1.54, 1.807) is 6.92 Å². The Kier molecular flexibility index (Phi) is 32.5. The molecular weight excluding hydrogens is 1550 g/mol. The van der Waals surface area contributed by atoms with Crippen molar-refractivity contribution in [2.75, 3.05) is 75.6 Å². The van der Waals surface area contributed by atoms with Crippen molar-refractivity contribution in [3.05, 3.63) is 25.3 Å². The number of rotatable bonds is 39. The molecule has 20 N–H and O–H groups in total. The summed E-state index contributed by atoms with van der Waals surface area (Å²) in [6.45, 7) is 4.14. The highest BCUT2D eigenvalue weighted by atomic mass is 32.2. The summed E-state index contributed by atoms with van der Waals surface area (Å²) < 4.78 is 124. The zero-order valence-corrected chi connectivity index (χ0v) is 61.9. The molecule has 48 nitrogen and oxygen atoms in total. The summed E-state index contributed by atoms with van der Waals surface area (Å²) in [5.41, 5.74) is 8.52. The summed E-state index contributed by atoms with van der Waals surface area (Å²) in [5, 5.41) is 52.3. The normalized spacial score (nSPS) is 22.5. The summed E-state index contributed by atoms with van der Waals surface area (Å²) in [6.07, 6.45) is -13.4. The highest BCUT2D eigenvalue weighted by Gasteiger charge is 2.52. The first kappa shape index (κ1) is 88.7. The number of nitrogen functional groups attached to an aromatic ring is 2. The number of hydrogen-bond acceptors (Lipinski definition) is 36. The second-order valence-electron chi connectivity index (χ2n) is 23.1. The highest BCUT2D eigenvalue weighted by molar-refractivity contribution is 8.13. The zero-order chi connectivity index (χ0) is 77.4. The molecule has 2 aliphatic heterocycles. The van der Waals surface area contributed by atoms with Crippen LogP contribution in [-0.2, 0) is 101 Å². The molecule has 14 atom stereocenters. The van der Waals surface area contributed by atoms with Crippen LogP contribution in [0.3, 0.4) is 0 Å². The van der Waals surface area contributed by atoms with Crippen molar-refractivity contribution in [1.29, 1.82) is 0 Å². The highest BCUT2D eigenvalue weighted by Crippen LogP contribution is 2.63. The van der Waals surface area contributed by atoms with Gasteiger partial charge in [-0.2, -0.15) is 8.62 Å². The number of aliphatic hydroxyl groups is 4. The number of nitrogens with one attached hydrogen (secondary N) is 4. The number of ether oxygens (including phenoxy) is 2. The number of phosphoric acid groups is 6. The number of nitrogens with two attached hydrogens (primary N) is 2. The van der Waals surface area contributed by atoms with Gasteiger partial charge in [-0.3, -0.25) is 65.0 Å². The number of amides is 4. The van der Waals surface area contributed by atoms with Gasteiger partial charge in [0.25, 0.3) is 0 Å². The fourth-order valence-electron chi connectivity index (χ4n) is 8.72. The lowest BCUT2D eigenvalue weighted by Crippen LogP contribution is -2.46. The maximum atomic E-state index is 12.6. The largest absolute Gasteiger partial charge is 0.481 e. The van der Waals surface area contributed by atoms with Crippen LogP contribution < -0.4 is 32.7 Å². The molecule has 103 heavy (non-hydrogen) atoms. The average Bonchev–Trinajstić information content (AvgIpc) is 1.60. The molecule has 0 aromatic carbocycles. The zero-order valence-electron chi connectivity index (χ0n) is 54.9. The number of carbonyl (C=O) groups excluding carboxylic acids is 6. The van der Waals surface area contributed by atoms with Crippen LogP contribution in [0, 0.1) is 10.8 Å². The average molecular weight is 1630 g/mol. The first-order chi connectivity index (χ1) is 47.6. The number of aliphatic hydroxyl groups excluding tert-OH is 4. The van der Waals surface area contributed by atoms with E-state index in [2.05, 4.69) is 68.8 Å². The fraction of sp³-hybridized carbons (Fsp3) is 0.660. The summed E-state index contributed by atoms with van der Waals surface area (Å²) >= 11 is 2.10. The molecule has 6 heterocycles. The Morgan fingerprint density at radius 2 is 0.922 bits per heavy atom. The molecule has 4 amide bonds. The first-order valence-electron chi connectivity index (χ1n) is 29.6. The number of anilines is 2. The number of fused-ring (bicyclic) bond motifs is 2. The quantitative estimate of drug-likeness (QED) is 0.0166. The molecule has 56 heteroatoms. The molecule has 4 unspecified atom stereocenters. The Morgan fingerprint density at radius 3 is 1.27 bits per heavy atom. The van der Waals surface area contributed by atoms with Gasteiger partial charge in [0, 0.05) is 74.7 Å². The van der Waals surface area contributed by atoms with Gasteiger partial charge in [0.2, 0.25) is 23.6 Å². The molecule has 4 aromatic rings. The Morgan fingerprint density at radius 1 is 0.563 bits per heavy atom. The molecule has 0 saturated carbocycles. The number of phosphoric ester groups is 6. The van der Waals surface area contributed by atoms with Crippen molar-refractivity contribution in [2.45, 2.75) is 122 Å². The minimum absolute atomic E-state index is 0.0221. The van der Waals surface area contributed by atoms with Crippen LogP contribution in [-0.4, -0.2) is 245 Å². The van der Waals surface area contributed by atoms with E-state index >= 15 is 0 Å². The van der Waals surface area contributed by atoms with E-state index in [4.69, 9.17) is 39.0 Å². The molecular formula is C47H78N14O34P6S2. The standard InChI is InChI=1S/C24H40N7O17P3S.C23H38N7O17P3S/c1-4-15(33)52-8-7-26-14(32)5-6-27-22(36)19(35)24(2,3)10-45-51(42,43)48-50(40,41)44-9-13-18(47-49(37,38)39)17(34)23(46-13)31-12-30-16-20(25)28-11-29-21(16)31;1-12(31)51-7-6-25-14(32)4-5-26-21(35)18(34)23(2,3)9-44-50(41,42)47-49(39,40)43-8-13-17(46-48(36,37)38)16(33)22(45-13)30-11-29-15-19(24)27-10-28-20(15)30/h11-13,17-19,23,34-35H,4-10H2,1-3H3,(H,26,32)(H,27,36)(H,40,41)(H,42,43)(H2,25,28,29)(H2,37,38,39);10-11,13,16-18,22,33-34H,4-9H2,1-3H3,(H,25,32)(H,26,35)(H,39,40)(H,41,42)(H2,24,27,28)(H2,36,37,38)/t13-,17-,18-,19+,23-;13-,16-,17-,18+,22-/m11/s1. The van der Waals surface area contributed by atoms with Crippen LogP contribution in [0.4, 0.5) is 11.6 Å². The van der Waals surface area contributed by atoms with E-state index < -0.39 is 169 Å². The van der Waals surface area contributed by atoms with E-state index in [1.807, 2.05) is 0 Å².